The largest absolute Gasteiger partial charge is 0.494 e. The van der Waals surface area contributed by atoms with Gasteiger partial charge in [-0.15, -0.1) is 12.4 Å². The van der Waals surface area contributed by atoms with Crippen molar-refractivity contribution in [2.45, 2.75) is 19.4 Å². The van der Waals surface area contributed by atoms with E-state index in [1.807, 2.05) is 13.2 Å². The number of rotatable bonds is 9. The smallest absolute Gasteiger partial charge is 0.243 e. The normalized spacial score (nSPS) is 11.1. The molecule has 1 aromatic carbocycles. The predicted octanol–water partition coefficient (Wildman–Crippen LogP) is 1.64. The highest BCUT2D eigenvalue weighted by Crippen LogP contribution is 2.15. The molecule has 1 rings (SSSR count). The number of thioether (sulfide) groups is 1. The Morgan fingerprint density at radius 3 is 2.52 bits per heavy atom. The lowest BCUT2D eigenvalue weighted by molar-refractivity contribution is -0.125. The van der Waals surface area contributed by atoms with E-state index in [-0.39, 0.29) is 30.8 Å². The van der Waals surface area contributed by atoms with Gasteiger partial charge in [-0.25, -0.2) is 0 Å². The molecule has 8 heteroatoms. The van der Waals surface area contributed by atoms with Gasteiger partial charge in [-0.05, 0) is 49.6 Å². The summed E-state index contributed by atoms with van der Waals surface area (Å²) in [4.78, 5) is 23.4. The van der Waals surface area contributed by atoms with Crippen LogP contribution in [0.5, 0.6) is 5.75 Å². The Morgan fingerprint density at radius 2 is 1.96 bits per heavy atom. The monoisotopic (exact) mass is 361 g/mol. The summed E-state index contributed by atoms with van der Waals surface area (Å²) < 4.78 is 5.32. The summed E-state index contributed by atoms with van der Waals surface area (Å²) in [6, 6.07) is 6.46. The number of carbonyl (C=O) groups is 2. The zero-order chi connectivity index (χ0) is 16.4. The number of hydrogen-bond acceptors (Lipinski definition) is 5. The first-order valence-corrected chi connectivity index (χ1v) is 8.51. The second-order valence-electron chi connectivity index (χ2n) is 4.61. The highest BCUT2D eigenvalue weighted by atomic mass is 35.5. The Balaban J connectivity index is 0.00000484. The molecule has 0 saturated heterocycles. The maximum absolute atomic E-state index is 11.8. The number of nitrogens with two attached hydrogens (primary N) is 1. The highest BCUT2D eigenvalue weighted by molar-refractivity contribution is 7.98. The molecule has 0 aliphatic carbocycles. The first-order chi connectivity index (χ1) is 10.6. The third-order valence-electron chi connectivity index (χ3n) is 2.84. The predicted molar refractivity (Wildman–Crippen MR) is 97.5 cm³/mol. The van der Waals surface area contributed by atoms with Gasteiger partial charge in [-0.2, -0.15) is 11.8 Å². The highest BCUT2D eigenvalue weighted by Gasteiger charge is 2.13. The summed E-state index contributed by atoms with van der Waals surface area (Å²) >= 11 is 1.63. The van der Waals surface area contributed by atoms with E-state index < -0.39 is 6.04 Å². The van der Waals surface area contributed by atoms with Gasteiger partial charge in [0.2, 0.25) is 11.8 Å². The lowest BCUT2D eigenvalue weighted by Gasteiger charge is -2.12. The Labute approximate surface area is 147 Å². The average molecular weight is 362 g/mol. The zero-order valence-electron chi connectivity index (χ0n) is 13.3. The Kier molecular flexibility index (Phi) is 11.3. The van der Waals surface area contributed by atoms with Crippen molar-refractivity contribution in [2.24, 2.45) is 5.73 Å². The number of hydrogen-bond donors (Lipinski definition) is 3. The summed E-state index contributed by atoms with van der Waals surface area (Å²) in [5.41, 5.74) is 6.36. The molecule has 0 aliphatic rings. The van der Waals surface area contributed by atoms with Crippen LogP contribution in [0.15, 0.2) is 24.3 Å². The molecule has 4 N–H and O–H groups in total. The van der Waals surface area contributed by atoms with Crippen molar-refractivity contribution < 1.29 is 14.3 Å². The van der Waals surface area contributed by atoms with Gasteiger partial charge in [-0.1, -0.05) is 0 Å². The SMILES string of the molecule is CCOc1ccc(NC(=O)CNC(=O)[C@@H](N)CCSC)cc1.Cl. The molecule has 2 amide bonds. The summed E-state index contributed by atoms with van der Waals surface area (Å²) in [7, 11) is 0. The van der Waals surface area contributed by atoms with E-state index >= 15 is 0 Å². The van der Waals surface area contributed by atoms with E-state index in [1.54, 1.807) is 36.0 Å². The Hall–Kier alpha value is -1.44. The fourth-order valence-electron chi connectivity index (χ4n) is 1.68. The topological polar surface area (TPSA) is 93.5 Å². The lowest BCUT2D eigenvalue weighted by Crippen LogP contribution is -2.43. The van der Waals surface area contributed by atoms with E-state index in [0.717, 1.165) is 11.5 Å². The van der Waals surface area contributed by atoms with E-state index in [0.29, 0.717) is 18.7 Å². The average Bonchev–Trinajstić information content (AvgIpc) is 2.52. The quantitative estimate of drug-likeness (QED) is 0.621. The van der Waals surface area contributed by atoms with E-state index in [9.17, 15) is 9.59 Å². The molecule has 0 saturated carbocycles. The van der Waals surface area contributed by atoms with Crippen LogP contribution in [0.2, 0.25) is 0 Å². The van der Waals surface area contributed by atoms with E-state index in [1.165, 1.54) is 0 Å². The van der Waals surface area contributed by atoms with Gasteiger partial charge in [0.25, 0.3) is 0 Å². The third-order valence-corrected chi connectivity index (χ3v) is 3.49. The maximum atomic E-state index is 11.8. The van der Waals surface area contributed by atoms with Gasteiger partial charge in [-0.3, -0.25) is 9.59 Å². The summed E-state index contributed by atoms with van der Waals surface area (Å²) in [6.07, 6.45) is 2.54. The van der Waals surface area contributed by atoms with Crippen LogP contribution < -0.4 is 21.1 Å². The van der Waals surface area contributed by atoms with Crippen molar-refractivity contribution in [1.82, 2.24) is 5.32 Å². The lowest BCUT2D eigenvalue weighted by atomic mass is 10.2. The van der Waals surface area contributed by atoms with Crippen LogP contribution in [0, 0.1) is 0 Å². The standard InChI is InChI=1S/C15H23N3O3S.ClH/c1-3-21-12-6-4-11(5-7-12)18-14(19)10-17-15(20)13(16)8-9-22-2;/h4-7,13H,3,8-10,16H2,1-2H3,(H,17,20)(H,18,19);1H/t13-;/m0./s1. The van der Waals surface area contributed by atoms with Crippen LogP contribution in [0.3, 0.4) is 0 Å². The van der Waals surface area contributed by atoms with Crippen LogP contribution in [-0.4, -0.2) is 43.0 Å². The molecule has 23 heavy (non-hydrogen) atoms. The van der Waals surface area contributed by atoms with Crippen molar-refractivity contribution in [1.29, 1.82) is 0 Å². The van der Waals surface area contributed by atoms with Crippen LogP contribution in [0.1, 0.15) is 13.3 Å². The molecule has 0 bridgehead atoms. The molecule has 0 unspecified atom stereocenters. The van der Waals surface area contributed by atoms with Gasteiger partial charge >= 0.3 is 0 Å². The maximum Gasteiger partial charge on any atom is 0.243 e. The minimum atomic E-state index is -0.578. The van der Waals surface area contributed by atoms with Gasteiger partial charge < -0.3 is 21.1 Å². The van der Waals surface area contributed by atoms with Crippen molar-refractivity contribution in [3.63, 3.8) is 0 Å². The second kappa shape index (κ2) is 12.0. The number of carbonyl (C=O) groups excluding carboxylic acids is 2. The number of nitrogens with one attached hydrogen (secondary N) is 2. The second-order valence-corrected chi connectivity index (χ2v) is 5.60. The molecule has 6 nitrogen and oxygen atoms in total. The van der Waals surface area contributed by atoms with Gasteiger partial charge in [0.05, 0.1) is 19.2 Å². The number of anilines is 1. The Bertz CT molecular complexity index is 485. The Morgan fingerprint density at radius 1 is 1.30 bits per heavy atom. The molecule has 0 heterocycles. The fourth-order valence-corrected chi connectivity index (χ4v) is 2.17. The minimum Gasteiger partial charge on any atom is -0.494 e. The molecule has 130 valence electrons. The van der Waals surface area contributed by atoms with Crippen LogP contribution in [-0.2, 0) is 9.59 Å². The van der Waals surface area contributed by atoms with Gasteiger partial charge in [0.15, 0.2) is 0 Å². The molecular weight excluding hydrogens is 338 g/mol. The van der Waals surface area contributed by atoms with Crippen LogP contribution in [0.4, 0.5) is 5.69 Å². The third kappa shape index (κ3) is 8.68. The van der Waals surface area contributed by atoms with Crippen molar-refractivity contribution >= 4 is 41.7 Å². The fraction of sp³-hybridized carbons (Fsp3) is 0.467. The number of halogens is 1. The molecule has 0 spiro atoms. The van der Waals surface area contributed by atoms with Crippen molar-refractivity contribution in [2.75, 3.05) is 30.5 Å². The van der Waals surface area contributed by atoms with E-state index in [4.69, 9.17) is 10.5 Å². The molecule has 1 aromatic rings. The number of benzene rings is 1. The molecule has 0 aliphatic heterocycles. The first kappa shape index (κ1) is 21.6. The molecule has 0 aromatic heterocycles. The van der Waals surface area contributed by atoms with Gasteiger partial charge in [0, 0.05) is 5.69 Å². The summed E-state index contributed by atoms with van der Waals surface area (Å²) in [6.45, 7) is 2.40. The molecular formula is C15H24ClN3O3S. The summed E-state index contributed by atoms with van der Waals surface area (Å²) in [5.74, 6) is 0.950. The summed E-state index contributed by atoms with van der Waals surface area (Å²) in [5, 5.41) is 5.23. The van der Waals surface area contributed by atoms with Gasteiger partial charge in [0.1, 0.15) is 5.75 Å². The minimum absolute atomic E-state index is 0. The first-order valence-electron chi connectivity index (χ1n) is 7.11. The number of amides is 2. The van der Waals surface area contributed by atoms with Crippen molar-refractivity contribution in [3.8, 4) is 5.75 Å². The molecule has 0 fully saturated rings. The molecule has 0 radical (unpaired) electrons. The number of ether oxygens (including phenoxy) is 1. The molecule has 1 atom stereocenters. The van der Waals surface area contributed by atoms with Crippen molar-refractivity contribution in [3.05, 3.63) is 24.3 Å². The zero-order valence-corrected chi connectivity index (χ0v) is 15.0. The van der Waals surface area contributed by atoms with Crippen LogP contribution in [0.25, 0.3) is 0 Å². The van der Waals surface area contributed by atoms with Crippen LogP contribution >= 0.6 is 24.2 Å². The van der Waals surface area contributed by atoms with E-state index in [2.05, 4.69) is 10.6 Å².